The van der Waals surface area contributed by atoms with E-state index in [9.17, 15) is 23.5 Å². The largest absolute Gasteiger partial charge is 0.480 e. The van der Waals surface area contributed by atoms with Crippen molar-refractivity contribution < 1.29 is 23.5 Å². The van der Waals surface area contributed by atoms with Crippen LogP contribution >= 0.6 is 15.9 Å². The van der Waals surface area contributed by atoms with Crippen molar-refractivity contribution >= 4 is 38.7 Å². The molecule has 1 amide bonds. The van der Waals surface area contributed by atoms with Crippen molar-refractivity contribution in [1.82, 2.24) is 15.3 Å². The lowest BCUT2D eigenvalue weighted by Gasteiger charge is -2.16. The minimum absolute atomic E-state index is 0.188. The summed E-state index contributed by atoms with van der Waals surface area (Å²) in [5.41, 5.74) is 0.125. The Morgan fingerprint density at radius 2 is 1.85 bits per heavy atom. The summed E-state index contributed by atoms with van der Waals surface area (Å²) in [5, 5.41) is 12.2. The van der Waals surface area contributed by atoms with Gasteiger partial charge in [-0.25, -0.2) is 13.6 Å². The number of aromatic nitrogens is 2. The molecule has 138 valence electrons. The van der Waals surface area contributed by atoms with E-state index in [-0.39, 0.29) is 6.42 Å². The van der Waals surface area contributed by atoms with Crippen LogP contribution in [0.1, 0.15) is 16.1 Å². The highest BCUT2D eigenvalue weighted by Crippen LogP contribution is 2.24. The van der Waals surface area contributed by atoms with Crippen molar-refractivity contribution in [1.29, 1.82) is 0 Å². The van der Waals surface area contributed by atoms with E-state index < -0.39 is 35.1 Å². The number of nitrogens with one attached hydrogen (secondary N) is 1. The third-order valence-electron chi connectivity index (χ3n) is 3.87. The van der Waals surface area contributed by atoms with Crippen LogP contribution in [-0.2, 0) is 11.2 Å². The smallest absolute Gasteiger partial charge is 0.326 e. The van der Waals surface area contributed by atoms with Gasteiger partial charge in [-0.05, 0) is 40.2 Å². The topological polar surface area (TPSA) is 92.2 Å². The maximum atomic E-state index is 13.8. The maximum Gasteiger partial charge on any atom is 0.326 e. The Balaban J connectivity index is 1.91. The summed E-state index contributed by atoms with van der Waals surface area (Å²) >= 11 is 3.32. The van der Waals surface area contributed by atoms with E-state index in [0.29, 0.717) is 21.1 Å². The molecule has 0 fully saturated rings. The third-order valence-corrected chi connectivity index (χ3v) is 4.45. The number of hydrogen-bond donors (Lipinski definition) is 2. The van der Waals surface area contributed by atoms with Crippen molar-refractivity contribution in [2.45, 2.75) is 12.5 Å². The van der Waals surface area contributed by atoms with Crippen LogP contribution in [0.3, 0.4) is 0 Å². The number of carbonyl (C=O) groups excluding carboxylic acids is 1. The molecule has 0 aliphatic rings. The second kappa shape index (κ2) is 7.75. The number of carboxylic acid groups (broad SMARTS) is 1. The molecule has 0 aliphatic carbocycles. The van der Waals surface area contributed by atoms with Gasteiger partial charge in [-0.2, -0.15) is 0 Å². The van der Waals surface area contributed by atoms with Crippen LogP contribution in [0.5, 0.6) is 0 Å². The lowest BCUT2D eigenvalue weighted by atomic mass is 10.1. The van der Waals surface area contributed by atoms with Gasteiger partial charge < -0.3 is 10.4 Å². The van der Waals surface area contributed by atoms with Gasteiger partial charge in [0.15, 0.2) is 0 Å². The van der Waals surface area contributed by atoms with Gasteiger partial charge in [-0.15, -0.1) is 0 Å². The second-order valence-corrected chi connectivity index (χ2v) is 6.47. The van der Waals surface area contributed by atoms with Crippen LogP contribution < -0.4 is 5.32 Å². The number of carboxylic acids is 1. The molecule has 2 aromatic heterocycles. The Labute approximate surface area is 160 Å². The molecule has 0 saturated carbocycles. The Bertz CT molecular complexity index is 1030. The number of aliphatic carboxylic acids is 1. The molecule has 0 bridgehead atoms. The number of halogens is 3. The fourth-order valence-corrected chi connectivity index (χ4v) is 3.01. The first-order valence-electron chi connectivity index (χ1n) is 7.74. The summed E-state index contributed by atoms with van der Waals surface area (Å²) in [6.07, 6.45) is 2.86. The van der Waals surface area contributed by atoms with Crippen LogP contribution in [-0.4, -0.2) is 33.0 Å². The van der Waals surface area contributed by atoms with Crippen molar-refractivity contribution in [3.05, 3.63) is 70.1 Å². The summed E-state index contributed by atoms with van der Waals surface area (Å²) in [4.78, 5) is 32.2. The van der Waals surface area contributed by atoms with Crippen molar-refractivity contribution in [3.8, 4) is 0 Å². The molecule has 2 heterocycles. The molecule has 0 unspecified atom stereocenters. The fraction of sp³-hybridized carbons (Fsp3) is 0.111. The molecule has 0 radical (unpaired) electrons. The average molecular weight is 436 g/mol. The average Bonchev–Trinajstić information content (AvgIpc) is 2.63. The Morgan fingerprint density at radius 1 is 1.15 bits per heavy atom. The molecule has 1 aromatic carbocycles. The number of hydrogen-bond acceptors (Lipinski definition) is 4. The molecule has 0 saturated heterocycles. The number of benzene rings is 1. The molecule has 0 spiro atoms. The summed E-state index contributed by atoms with van der Waals surface area (Å²) in [5.74, 6) is -4.67. The summed E-state index contributed by atoms with van der Waals surface area (Å²) < 4.78 is 28.1. The van der Waals surface area contributed by atoms with Crippen LogP contribution in [0.2, 0.25) is 0 Å². The lowest BCUT2D eigenvalue weighted by molar-refractivity contribution is -0.139. The van der Waals surface area contributed by atoms with E-state index in [0.717, 1.165) is 18.2 Å². The number of pyridine rings is 2. The molecular formula is C18H12BrF2N3O3. The third kappa shape index (κ3) is 3.92. The number of carbonyl (C=O) groups is 2. The number of nitrogens with zero attached hydrogens (tertiary/aromatic N) is 2. The van der Waals surface area contributed by atoms with Crippen LogP contribution in [0.25, 0.3) is 10.9 Å². The van der Waals surface area contributed by atoms with Gasteiger partial charge >= 0.3 is 5.97 Å². The minimum Gasteiger partial charge on any atom is -0.480 e. The van der Waals surface area contributed by atoms with Crippen LogP contribution in [0.15, 0.2) is 47.2 Å². The summed E-state index contributed by atoms with van der Waals surface area (Å²) in [6, 6.07) is 4.90. The zero-order valence-corrected chi connectivity index (χ0v) is 15.2. The lowest BCUT2D eigenvalue weighted by Crippen LogP contribution is -2.43. The Morgan fingerprint density at radius 3 is 2.52 bits per heavy atom. The molecule has 2 N–H and O–H groups in total. The Hall–Kier alpha value is -2.94. The molecule has 27 heavy (non-hydrogen) atoms. The molecule has 3 rings (SSSR count). The second-order valence-electron chi connectivity index (χ2n) is 5.62. The highest BCUT2D eigenvalue weighted by atomic mass is 79.9. The van der Waals surface area contributed by atoms with Crippen LogP contribution in [0, 0.1) is 11.6 Å². The monoisotopic (exact) mass is 435 g/mol. The van der Waals surface area contributed by atoms with Gasteiger partial charge in [0, 0.05) is 24.2 Å². The minimum atomic E-state index is -1.44. The van der Waals surface area contributed by atoms with Crippen molar-refractivity contribution in [2.75, 3.05) is 0 Å². The van der Waals surface area contributed by atoms with E-state index in [1.165, 1.54) is 6.20 Å². The van der Waals surface area contributed by atoms with Gasteiger partial charge in [0.1, 0.15) is 23.2 Å². The zero-order valence-electron chi connectivity index (χ0n) is 13.6. The van der Waals surface area contributed by atoms with Gasteiger partial charge in [0.2, 0.25) is 0 Å². The molecule has 3 aromatic rings. The van der Waals surface area contributed by atoms with Gasteiger partial charge in [0.05, 0.1) is 15.7 Å². The first-order chi connectivity index (χ1) is 12.9. The van der Waals surface area contributed by atoms with Gasteiger partial charge in [0.25, 0.3) is 5.91 Å². The van der Waals surface area contributed by atoms with E-state index in [1.54, 1.807) is 18.3 Å². The first-order valence-corrected chi connectivity index (χ1v) is 8.53. The van der Waals surface area contributed by atoms with Crippen molar-refractivity contribution in [3.63, 3.8) is 0 Å². The van der Waals surface area contributed by atoms with Gasteiger partial charge in [-0.3, -0.25) is 14.8 Å². The SMILES string of the molecule is O=C(N[C@@H](Cc1ncc(Br)c2ncccc12)C(=O)O)c1c(F)cccc1F. The predicted molar refractivity (Wildman–Crippen MR) is 96.2 cm³/mol. The number of fused-ring (bicyclic) bond motifs is 1. The van der Waals surface area contributed by atoms with Gasteiger partial charge in [-0.1, -0.05) is 6.07 Å². The zero-order chi connectivity index (χ0) is 19.6. The molecule has 9 heteroatoms. The highest BCUT2D eigenvalue weighted by Gasteiger charge is 2.26. The van der Waals surface area contributed by atoms with E-state index in [4.69, 9.17) is 0 Å². The number of amides is 1. The maximum absolute atomic E-state index is 13.8. The molecule has 1 atom stereocenters. The molecule has 0 aliphatic heterocycles. The van der Waals surface area contributed by atoms with E-state index in [2.05, 4.69) is 31.2 Å². The predicted octanol–water partition coefficient (Wildman–Crippen LogP) is 3.10. The quantitative estimate of drug-likeness (QED) is 0.642. The molecule has 6 nitrogen and oxygen atoms in total. The Kier molecular flexibility index (Phi) is 5.41. The van der Waals surface area contributed by atoms with Crippen LogP contribution in [0.4, 0.5) is 8.78 Å². The van der Waals surface area contributed by atoms with E-state index in [1.807, 2.05) is 0 Å². The standard InChI is InChI=1S/C18H12BrF2N3O3/c19-10-8-23-13(9-3-2-6-22-16(9)10)7-14(18(26)27)24-17(25)15-11(20)4-1-5-12(15)21/h1-6,8,14H,7H2,(H,24,25)(H,26,27)/t14-/m0/s1. The summed E-state index contributed by atoms with van der Waals surface area (Å²) in [6.45, 7) is 0. The van der Waals surface area contributed by atoms with Crippen molar-refractivity contribution in [2.24, 2.45) is 0 Å². The normalized spacial score (nSPS) is 12.0. The molecular weight excluding hydrogens is 424 g/mol. The number of rotatable bonds is 5. The first kappa shape index (κ1) is 18.8. The highest BCUT2D eigenvalue weighted by molar-refractivity contribution is 9.10. The van der Waals surface area contributed by atoms with E-state index >= 15 is 0 Å². The summed E-state index contributed by atoms with van der Waals surface area (Å²) in [7, 11) is 0. The fourth-order valence-electron chi connectivity index (χ4n) is 2.60.